The maximum Gasteiger partial charge on any atom is 0.119 e. The Hall–Kier alpha value is -1.48. The molecule has 1 N–H and O–H groups in total. The molecule has 1 atom stereocenters. The van der Waals surface area contributed by atoms with Crippen molar-refractivity contribution in [3.05, 3.63) is 57.6 Å². The quantitative estimate of drug-likeness (QED) is 0.819. The molecule has 0 bridgehead atoms. The first kappa shape index (κ1) is 14.5. The van der Waals surface area contributed by atoms with Gasteiger partial charge in [0.25, 0.3) is 0 Å². The third kappa shape index (κ3) is 3.24. The fraction of sp³-hybridized carbons (Fsp3) is 0.333. The minimum absolute atomic E-state index is 0.383. The Morgan fingerprint density at radius 1 is 1.19 bits per heavy atom. The molecule has 2 aromatic rings. The molecule has 1 aliphatic rings. The highest BCUT2D eigenvalue weighted by Crippen LogP contribution is 2.35. The molecule has 0 radical (unpaired) electrons. The maximum absolute atomic E-state index is 5.34. The van der Waals surface area contributed by atoms with Gasteiger partial charge in [0.1, 0.15) is 5.75 Å². The molecule has 3 rings (SSSR count). The van der Waals surface area contributed by atoms with Crippen LogP contribution >= 0.6 is 15.9 Å². The van der Waals surface area contributed by atoms with Crippen molar-refractivity contribution in [3.63, 3.8) is 0 Å². The molecule has 110 valence electrons. The molecule has 2 nitrogen and oxygen atoms in total. The summed E-state index contributed by atoms with van der Waals surface area (Å²) in [6, 6.07) is 13.3. The molecular formula is C18H20BrNO. The van der Waals surface area contributed by atoms with E-state index < -0.39 is 0 Å². The summed E-state index contributed by atoms with van der Waals surface area (Å²) >= 11 is 3.57. The number of ether oxygens (including phenoxy) is 1. The Bertz CT molecular complexity index is 633. The van der Waals surface area contributed by atoms with Gasteiger partial charge in [-0.2, -0.15) is 0 Å². The zero-order valence-electron chi connectivity index (χ0n) is 12.4. The molecule has 0 aliphatic heterocycles. The average molecular weight is 346 g/mol. The molecule has 0 saturated heterocycles. The number of methoxy groups -OCH3 is 1. The van der Waals surface area contributed by atoms with Gasteiger partial charge in [0.15, 0.2) is 0 Å². The highest BCUT2D eigenvalue weighted by atomic mass is 79.9. The predicted octanol–water partition coefficient (Wildman–Crippen LogP) is 5.26. The van der Waals surface area contributed by atoms with Crippen molar-refractivity contribution < 1.29 is 4.74 Å². The molecule has 1 aliphatic carbocycles. The van der Waals surface area contributed by atoms with Gasteiger partial charge in [-0.05, 0) is 73.2 Å². The van der Waals surface area contributed by atoms with E-state index in [4.69, 9.17) is 4.74 Å². The normalized spacial score (nSPS) is 17.2. The van der Waals surface area contributed by atoms with Crippen LogP contribution in [0.3, 0.4) is 0 Å². The molecule has 21 heavy (non-hydrogen) atoms. The van der Waals surface area contributed by atoms with Crippen LogP contribution in [-0.4, -0.2) is 7.11 Å². The Balaban J connectivity index is 1.88. The van der Waals surface area contributed by atoms with Crippen LogP contribution in [-0.2, 0) is 6.42 Å². The average Bonchev–Trinajstić information content (AvgIpc) is 2.46. The second-order valence-electron chi connectivity index (χ2n) is 5.67. The van der Waals surface area contributed by atoms with Crippen LogP contribution in [0.5, 0.6) is 5.75 Å². The summed E-state index contributed by atoms with van der Waals surface area (Å²) in [7, 11) is 1.73. The zero-order valence-corrected chi connectivity index (χ0v) is 14.0. The first-order valence-corrected chi connectivity index (χ1v) is 8.15. The molecule has 0 aromatic heterocycles. The lowest BCUT2D eigenvalue weighted by Crippen LogP contribution is -2.17. The first-order valence-electron chi connectivity index (χ1n) is 7.36. The summed E-state index contributed by atoms with van der Waals surface area (Å²) in [6.45, 7) is 2.12. The topological polar surface area (TPSA) is 21.3 Å². The van der Waals surface area contributed by atoms with E-state index >= 15 is 0 Å². The van der Waals surface area contributed by atoms with Crippen molar-refractivity contribution in [1.29, 1.82) is 0 Å². The van der Waals surface area contributed by atoms with Crippen molar-refractivity contribution >= 4 is 21.6 Å². The van der Waals surface area contributed by atoms with Gasteiger partial charge in [0.2, 0.25) is 0 Å². The Morgan fingerprint density at radius 2 is 2.05 bits per heavy atom. The fourth-order valence-corrected chi connectivity index (χ4v) is 3.70. The van der Waals surface area contributed by atoms with E-state index in [1.165, 1.54) is 35.2 Å². The highest BCUT2D eigenvalue weighted by molar-refractivity contribution is 9.10. The van der Waals surface area contributed by atoms with Crippen LogP contribution < -0.4 is 10.1 Å². The molecule has 0 saturated carbocycles. The van der Waals surface area contributed by atoms with Crippen LogP contribution in [0.25, 0.3) is 0 Å². The largest absolute Gasteiger partial charge is 0.497 e. The Kier molecular flexibility index (Phi) is 4.20. The SMILES string of the molecule is COc1ccc2c(c1)CCCC2Nc1cc(C)cc(Br)c1. The Labute approximate surface area is 134 Å². The highest BCUT2D eigenvalue weighted by Gasteiger charge is 2.20. The van der Waals surface area contributed by atoms with E-state index in [1.54, 1.807) is 7.11 Å². The van der Waals surface area contributed by atoms with Crippen molar-refractivity contribution in [2.24, 2.45) is 0 Å². The summed E-state index contributed by atoms with van der Waals surface area (Å²) in [5.74, 6) is 0.952. The molecule has 3 heteroatoms. The number of benzene rings is 2. The summed E-state index contributed by atoms with van der Waals surface area (Å²) in [6.07, 6.45) is 3.53. The molecule has 2 aromatic carbocycles. The molecule has 0 heterocycles. The lowest BCUT2D eigenvalue weighted by Gasteiger charge is -2.28. The minimum atomic E-state index is 0.383. The van der Waals surface area contributed by atoms with Crippen LogP contribution in [0.1, 0.15) is 35.6 Å². The predicted molar refractivity (Wildman–Crippen MR) is 91.2 cm³/mol. The monoisotopic (exact) mass is 345 g/mol. The van der Waals surface area contributed by atoms with Crippen LogP contribution in [0.4, 0.5) is 5.69 Å². The number of fused-ring (bicyclic) bond motifs is 1. The Morgan fingerprint density at radius 3 is 2.81 bits per heavy atom. The van der Waals surface area contributed by atoms with Gasteiger partial charge >= 0.3 is 0 Å². The van der Waals surface area contributed by atoms with Gasteiger partial charge in [0, 0.05) is 10.2 Å². The summed E-state index contributed by atoms with van der Waals surface area (Å²) in [4.78, 5) is 0. The zero-order chi connectivity index (χ0) is 14.8. The van der Waals surface area contributed by atoms with E-state index in [1.807, 2.05) is 0 Å². The number of rotatable bonds is 3. The van der Waals surface area contributed by atoms with Gasteiger partial charge in [-0.25, -0.2) is 0 Å². The standard InChI is InChI=1S/C18H20BrNO/c1-12-8-14(19)11-15(9-12)20-18-5-3-4-13-10-16(21-2)6-7-17(13)18/h6-11,18,20H,3-5H2,1-2H3. The van der Waals surface area contributed by atoms with E-state index in [0.29, 0.717) is 6.04 Å². The van der Waals surface area contributed by atoms with E-state index in [-0.39, 0.29) is 0 Å². The minimum Gasteiger partial charge on any atom is -0.497 e. The van der Waals surface area contributed by atoms with Crippen molar-refractivity contribution in [3.8, 4) is 5.75 Å². The van der Waals surface area contributed by atoms with E-state index in [9.17, 15) is 0 Å². The number of anilines is 1. The number of hydrogen-bond donors (Lipinski definition) is 1. The molecule has 0 spiro atoms. The molecule has 1 unspecified atom stereocenters. The van der Waals surface area contributed by atoms with Gasteiger partial charge in [-0.1, -0.05) is 22.0 Å². The summed E-state index contributed by atoms with van der Waals surface area (Å²) in [5, 5.41) is 3.69. The van der Waals surface area contributed by atoms with Gasteiger partial charge < -0.3 is 10.1 Å². The second-order valence-corrected chi connectivity index (χ2v) is 6.59. The first-order chi connectivity index (χ1) is 10.2. The lowest BCUT2D eigenvalue weighted by atomic mass is 9.87. The molecule has 0 fully saturated rings. The third-order valence-corrected chi connectivity index (χ3v) is 4.51. The van der Waals surface area contributed by atoms with E-state index in [0.717, 1.165) is 16.6 Å². The van der Waals surface area contributed by atoms with Gasteiger partial charge in [-0.3, -0.25) is 0 Å². The summed E-state index contributed by atoms with van der Waals surface area (Å²) in [5.41, 5.74) is 5.25. The van der Waals surface area contributed by atoms with Crippen molar-refractivity contribution in [1.82, 2.24) is 0 Å². The summed E-state index contributed by atoms with van der Waals surface area (Å²) < 4.78 is 6.46. The van der Waals surface area contributed by atoms with Crippen molar-refractivity contribution in [2.45, 2.75) is 32.2 Å². The third-order valence-electron chi connectivity index (χ3n) is 4.05. The number of nitrogens with one attached hydrogen (secondary N) is 1. The van der Waals surface area contributed by atoms with Gasteiger partial charge in [-0.15, -0.1) is 0 Å². The number of hydrogen-bond acceptors (Lipinski definition) is 2. The fourth-order valence-electron chi connectivity index (χ4n) is 3.09. The van der Waals surface area contributed by atoms with E-state index in [2.05, 4.69) is 64.6 Å². The van der Waals surface area contributed by atoms with Crippen LogP contribution in [0.2, 0.25) is 0 Å². The molecular weight excluding hydrogens is 326 g/mol. The van der Waals surface area contributed by atoms with Crippen LogP contribution in [0.15, 0.2) is 40.9 Å². The smallest absolute Gasteiger partial charge is 0.119 e. The number of aryl methyl sites for hydroxylation is 2. The lowest BCUT2D eigenvalue weighted by molar-refractivity contribution is 0.413. The second kappa shape index (κ2) is 6.10. The van der Waals surface area contributed by atoms with Crippen LogP contribution in [0, 0.1) is 6.92 Å². The molecule has 0 amide bonds. The van der Waals surface area contributed by atoms with Gasteiger partial charge in [0.05, 0.1) is 13.2 Å². The number of halogens is 1. The maximum atomic E-state index is 5.34. The van der Waals surface area contributed by atoms with Crippen molar-refractivity contribution in [2.75, 3.05) is 12.4 Å².